The van der Waals surface area contributed by atoms with Crippen LogP contribution >= 0.6 is 0 Å². The first-order chi connectivity index (χ1) is 11.2. The number of para-hydroxylation sites is 1. The second-order valence-electron chi connectivity index (χ2n) is 5.49. The van der Waals surface area contributed by atoms with E-state index in [0.717, 1.165) is 48.4 Å². The van der Waals surface area contributed by atoms with Crippen LogP contribution in [0.3, 0.4) is 0 Å². The number of aryl methyl sites for hydroxylation is 1. The van der Waals surface area contributed by atoms with Gasteiger partial charge < -0.3 is 15.7 Å². The number of rotatable bonds is 8. The number of nitrogens with one attached hydrogen (secondary N) is 2. The van der Waals surface area contributed by atoms with E-state index in [1.54, 1.807) is 12.1 Å². The second-order valence-corrected chi connectivity index (χ2v) is 5.49. The molecule has 0 fully saturated rings. The number of carboxylic acid groups (broad SMARTS) is 1. The summed E-state index contributed by atoms with van der Waals surface area (Å²) in [5.74, 6) is -0.899. The lowest BCUT2D eigenvalue weighted by Gasteiger charge is -2.18. The lowest BCUT2D eigenvalue weighted by molar-refractivity contribution is 0.0697. The maximum absolute atomic E-state index is 11.4. The van der Waals surface area contributed by atoms with E-state index in [9.17, 15) is 9.90 Å². The van der Waals surface area contributed by atoms with Crippen LogP contribution in [0.5, 0.6) is 0 Å². The molecule has 0 unspecified atom stereocenters. The van der Waals surface area contributed by atoms with E-state index in [2.05, 4.69) is 17.6 Å². The summed E-state index contributed by atoms with van der Waals surface area (Å²) in [6.45, 7) is 5.00. The Kier molecular flexibility index (Phi) is 6.03. The molecule has 4 heteroatoms. The van der Waals surface area contributed by atoms with Crippen LogP contribution in [0.4, 0.5) is 17.1 Å². The minimum atomic E-state index is -0.899. The van der Waals surface area contributed by atoms with Gasteiger partial charge in [0.2, 0.25) is 0 Å². The molecule has 0 aromatic heterocycles. The van der Waals surface area contributed by atoms with Gasteiger partial charge in [-0.05, 0) is 42.7 Å². The zero-order valence-electron chi connectivity index (χ0n) is 13.7. The maximum Gasteiger partial charge on any atom is 0.335 e. The molecule has 0 saturated heterocycles. The minimum absolute atomic E-state index is 0.319. The molecule has 4 nitrogen and oxygen atoms in total. The molecule has 122 valence electrons. The van der Waals surface area contributed by atoms with Crippen LogP contribution in [-0.4, -0.2) is 17.6 Å². The number of carbonyl (C=O) groups is 1. The van der Waals surface area contributed by atoms with Crippen molar-refractivity contribution in [2.75, 3.05) is 17.2 Å². The normalized spacial score (nSPS) is 10.3. The van der Waals surface area contributed by atoms with Crippen molar-refractivity contribution in [3.05, 3.63) is 53.6 Å². The molecular formula is C19H24N2O2. The molecule has 2 aromatic carbocycles. The monoisotopic (exact) mass is 312 g/mol. The number of anilines is 3. The van der Waals surface area contributed by atoms with Gasteiger partial charge in [-0.15, -0.1) is 0 Å². The van der Waals surface area contributed by atoms with Gasteiger partial charge in [0.15, 0.2) is 0 Å². The van der Waals surface area contributed by atoms with Crippen molar-refractivity contribution in [2.45, 2.75) is 33.1 Å². The highest BCUT2D eigenvalue weighted by Gasteiger charge is 2.13. The van der Waals surface area contributed by atoms with Gasteiger partial charge in [-0.3, -0.25) is 0 Å². The number of aromatic carboxylic acids is 1. The van der Waals surface area contributed by atoms with Gasteiger partial charge >= 0.3 is 5.97 Å². The number of benzene rings is 2. The molecule has 3 N–H and O–H groups in total. The number of hydrogen-bond acceptors (Lipinski definition) is 3. The Balaban J connectivity index is 2.40. The molecule has 0 bridgehead atoms. The highest BCUT2D eigenvalue weighted by Crippen LogP contribution is 2.32. The van der Waals surface area contributed by atoms with E-state index in [1.165, 1.54) is 0 Å². The Labute approximate surface area is 137 Å². The van der Waals surface area contributed by atoms with Crippen LogP contribution in [-0.2, 0) is 6.42 Å². The van der Waals surface area contributed by atoms with Gasteiger partial charge in [0, 0.05) is 12.2 Å². The molecule has 0 spiro atoms. The summed E-state index contributed by atoms with van der Waals surface area (Å²) < 4.78 is 0. The van der Waals surface area contributed by atoms with Gasteiger partial charge in [0.05, 0.1) is 16.9 Å². The van der Waals surface area contributed by atoms with E-state index in [-0.39, 0.29) is 0 Å². The lowest BCUT2D eigenvalue weighted by atomic mass is 10.0. The highest BCUT2D eigenvalue weighted by molar-refractivity contribution is 5.92. The fourth-order valence-corrected chi connectivity index (χ4v) is 2.46. The molecule has 0 aliphatic carbocycles. The quantitative estimate of drug-likeness (QED) is 0.607. The van der Waals surface area contributed by atoms with Crippen LogP contribution in [0.1, 0.15) is 42.6 Å². The third-order valence-electron chi connectivity index (χ3n) is 3.74. The van der Waals surface area contributed by atoms with Gasteiger partial charge in [-0.25, -0.2) is 4.79 Å². The fraction of sp³-hybridized carbons (Fsp3) is 0.316. The molecule has 0 saturated carbocycles. The number of unbranched alkanes of at least 4 members (excludes halogenated alkanes) is 1. The topological polar surface area (TPSA) is 61.4 Å². The minimum Gasteiger partial charge on any atom is -0.478 e. The molecule has 0 radical (unpaired) electrons. The van der Waals surface area contributed by atoms with Gasteiger partial charge in [0.1, 0.15) is 0 Å². The predicted octanol–water partition coefficient (Wildman–Crippen LogP) is 4.90. The molecule has 0 atom stereocenters. The third-order valence-corrected chi connectivity index (χ3v) is 3.74. The Morgan fingerprint density at radius 1 is 1.13 bits per heavy atom. The van der Waals surface area contributed by atoms with E-state index in [4.69, 9.17) is 0 Å². The average Bonchev–Trinajstić information content (AvgIpc) is 2.57. The standard InChI is InChI=1S/C19H24N2O2/c1-3-5-11-20-17-13-15(19(22)23)12-14(4-2)18(17)21-16-9-7-6-8-10-16/h6-10,12-13,20-21H,3-5,11H2,1-2H3,(H,22,23). The highest BCUT2D eigenvalue weighted by atomic mass is 16.4. The van der Waals surface area contributed by atoms with Crippen molar-refractivity contribution < 1.29 is 9.90 Å². The van der Waals surface area contributed by atoms with E-state index >= 15 is 0 Å². The summed E-state index contributed by atoms with van der Waals surface area (Å²) in [4.78, 5) is 11.4. The molecule has 23 heavy (non-hydrogen) atoms. The van der Waals surface area contributed by atoms with Crippen molar-refractivity contribution in [3.8, 4) is 0 Å². The summed E-state index contributed by atoms with van der Waals surface area (Å²) in [5, 5.41) is 16.1. The van der Waals surface area contributed by atoms with Gasteiger partial charge in [-0.2, -0.15) is 0 Å². The molecule has 0 aliphatic heterocycles. The van der Waals surface area contributed by atoms with Gasteiger partial charge in [0.25, 0.3) is 0 Å². The molecule has 2 aromatic rings. The summed E-state index contributed by atoms with van der Waals surface area (Å²) in [6.07, 6.45) is 2.90. The third kappa shape index (κ3) is 4.49. The van der Waals surface area contributed by atoms with Crippen molar-refractivity contribution in [3.63, 3.8) is 0 Å². The first kappa shape index (κ1) is 16.9. The molecule has 0 heterocycles. The zero-order valence-corrected chi connectivity index (χ0v) is 13.7. The van der Waals surface area contributed by atoms with Crippen LogP contribution in [0.2, 0.25) is 0 Å². The Morgan fingerprint density at radius 3 is 2.48 bits per heavy atom. The van der Waals surface area contributed by atoms with Crippen LogP contribution in [0, 0.1) is 0 Å². The van der Waals surface area contributed by atoms with Crippen LogP contribution in [0.15, 0.2) is 42.5 Å². The van der Waals surface area contributed by atoms with Crippen molar-refractivity contribution in [2.24, 2.45) is 0 Å². The van der Waals surface area contributed by atoms with Gasteiger partial charge in [-0.1, -0.05) is 38.5 Å². The fourth-order valence-electron chi connectivity index (χ4n) is 2.46. The second kappa shape index (κ2) is 8.22. The summed E-state index contributed by atoms with van der Waals surface area (Å²) >= 11 is 0. The Bertz CT molecular complexity index is 654. The van der Waals surface area contributed by atoms with E-state index < -0.39 is 5.97 Å². The molecule has 2 rings (SSSR count). The lowest BCUT2D eigenvalue weighted by Crippen LogP contribution is -2.09. The average molecular weight is 312 g/mol. The summed E-state index contributed by atoms with van der Waals surface area (Å²) in [5.41, 5.74) is 4.11. The van der Waals surface area contributed by atoms with Crippen LogP contribution < -0.4 is 10.6 Å². The number of hydrogen-bond donors (Lipinski definition) is 3. The number of carboxylic acids is 1. The first-order valence-electron chi connectivity index (χ1n) is 8.11. The molecule has 0 amide bonds. The summed E-state index contributed by atoms with van der Waals surface area (Å²) in [6, 6.07) is 13.4. The zero-order chi connectivity index (χ0) is 16.7. The van der Waals surface area contributed by atoms with Crippen molar-refractivity contribution in [1.82, 2.24) is 0 Å². The Morgan fingerprint density at radius 2 is 1.87 bits per heavy atom. The Hall–Kier alpha value is -2.49. The first-order valence-corrected chi connectivity index (χ1v) is 8.11. The largest absolute Gasteiger partial charge is 0.478 e. The summed E-state index contributed by atoms with van der Waals surface area (Å²) in [7, 11) is 0. The molecular weight excluding hydrogens is 288 g/mol. The van der Waals surface area contributed by atoms with E-state index in [1.807, 2.05) is 37.3 Å². The van der Waals surface area contributed by atoms with Crippen molar-refractivity contribution in [1.29, 1.82) is 0 Å². The maximum atomic E-state index is 11.4. The smallest absolute Gasteiger partial charge is 0.335 e. The van der Waals surface area contributed by atoms with Crippen LogP contribution in [0.25, 0.3) is 0 Å². The molecule has 0 aliphatic rings. The van der Waals surface area contributed by atoms with Crippen molar-refractivity contribution >= 4 is 23.0 Å². The predicted molar refractivity (Wildman–Crippen MR) is 95.9 cm³/mol. The SMILES string of the molecule is CCCCNc1cc(C(=O)O)cc(CC)c1Nc1ccccc1. The van der Waals surface area contributed by atoms with E-state index in [0.29, 0.717) is 5.56 Å².